The maximum atomic E-state index is 13.1. The van der Waals surface area contributed by atoms with Gasteiger partial charge in [0, 0.05) is 5.69 Å². The molecule has 4 heteroatoms. The molecular formula is C22H18FNO2. The molecule has 0 aromatic heterocycles. The zero-order chi connectivity index (χ0) is 18.5. The van der Waals surface area contributed by atoms with Crippen LogP contribution in [0.1, 0.15) is 27.0 Å². The minimum atomic E-state index is -1.02. The Hall–Kier alpha value is -3.40. The molecule has 0 aliphatic heterocycles. The van der Waals surface area contributed by atoms with Gasteiger partial charge in [0.25, 0.3) is 0 Å². The van der Waals surface area contributed by atoms with Crippen molar-refractivity contribution >= 4 is 29.5 Å². The van der Waals surface area contributed by atoms with Gasteiger partial charge in [-0.2, -0.15) is 0 Å². The highest BCUT2D eigenvalue weighted by atomic mass is 19.1. The van der Waals surface area contributed by atoms with Crippen molar-refractivity contribution in [2.24, 2.45) is 0 Å². The van der Waals surface area contributed by atoms with Crippen LogP contribution in [0.2, 0.25) is 0 Å². The van der Waals surface area contributed by atoms with Crippen molar-refractivity contribution in [2.75, 3.05) is 5.32 Å². The fourth-order valence-electron chi connectivity index (χ4n) is 2.51. The number of rotatable bonds is 5. The van der Waals surface area contributed by atoms with E-state index in [9.17, 15) is 14.3 Å². The average Bonchev–Trinajstić information content (AvgIpc) is 2.63. The lowest BCUT2D eigenvalue weighted by atomic mass is 10.1. The summed E-state index contributed by atoms with van der Waals surface area (Å²) in [6.07, 6.45) is 3.89. The summed E-state index contributed by atoms with van der Waals surface area (Å²) in [6.45, 7) is 2.03. The maximum Gasteiger partial charge on any atom is 0.337 e. The van der Waals surface area contributed by atoms with Crippen LogP contribution in [-0.4, -0.2) is 11.1 Å². The first-order chi connectivity index (χ1) is 12.5. The summed E-state index contributed by atoms with van der Waals surface area (Å²) in [7, 11) is 0. The molecule has 0 amide bonds. The summed E-state index contributed by atoms with van der Waals surface area (Å²) in [5.41, 5.74) is 4.34. The molecule has 0 atom stereocenters. The molecule has 3 aromatic rings. The van der Waals surface area contributed by atoms with Gasteiger partial charge in [0.05, 0.1) is 11.3 Å². The van der Waals surface area contributed by atoms with E-state index in [4.69, 9.17) is 0 Å². The van der Waals surface area contributed by atoms with E-state index >= 15 is 0 Å². The first-order valence-electron chi connectivity index (χ1n) is 8.16. The molecule has 0 aliphatic rings. The number of hydrogen-bond donors (Lipinski definition) is 2. The van der Waals surface area contributed by atoms with Gasteiger partial charge in [-0.15, -0.1) is 0 Å². The molecule has 0 heterocycles. The van der Waals surface area contributed by atoms with Gasteiger partial charge in [-0.1, -0.05) is 48.0 Å². The highest BCUT2D eigenvalue weighted by Gasteiger charge is 2.10. The van der Waals surface area contributed by atoms with E-state index in [0.717, 1.165) is 11.1 Å². The molecule has 0 radical (unpaired) electrons. The summed E-state index contributed by atoms with van der Waals surface area (Å²) in [6, 6.07) is 19.0. The minimum Gasteiger partial charge on any atom is -0.478 e. The zero-order valence-corrected chi connectivity index (χ0v) is 14.2. The molecule has 0 aliphatic carbocycles. The molecule has 0 spiro atoms. The number of aryl methyl sites for hydroxylation is 1. The number of benzene rings is 3. The summed E-state index contributed by atoms with van der Waals surface area (Å²) in [5, 5.41) is 12.4. The van der Waals surface area contributed by atoms with E-state index in [1.807, 2.05) is 43.3 Å². The minimum absolute atomic E-state index is 0.154. The monoisotopic (exact) mass is 347 g/mol. The number of aromatic carboxylic acids is 1. The topological polar surface area (TPSA) is 49.3 Å². The molecule has 0 bridgehead atoms. The van der Waals surface area contributed by atoms with E-state index in [1.165, 1.54) is 17.7 Å². The fourth-order valence-corrected chi connectivity index (χ4v) is 2.51. The van der Waals surface area contributed by atoms with Crippen LogP contribution in [0, 0.1) is 12.7 Å². The SMILES string of the molecule is Cc1ccc(C=Cc2ccc(C(=O)O)c(Nc3ccc(F)cc3)c2)cc1. The van der Waals surface area contributed by atoms with Crippen LogP contribution in [0.15, 0.2) is 66.7 Å². The first-order valence-corrected chi connectivity index (χ1v) is 8.16. The summed E-state index contributed by atoms with van der Waals surface area (Å²) in [5.74, 6) is -1.37. The normalized spacial score (nSPS) is 10.8. The average molecular weight is 347 g/mol. The third-order valence-corrected chi connectivity index (χ3v) is 3.94. The van der Waals surface area contributed by atoms with E-state index in [2.05, 4.69) is 5.32 Å². The van der Waals surface area contributed by atoms with E-state index in [1.54, 1.807) is 30.3 Å². The van der Waals surface area contributed by atoms with Crippen molar-refractivity contribution in [3.63, 3.8) is 0 Å². The lowest BCUT2D eigenvalue weighted by Crippen LogP contribution is -2.03. The number of carboxylic acid groups (broad SMARTS) is 1. The van der Waals surface area contributed by atoms with Gasteiger partial charge < -0.3 is 10.4 Å². The third kappa shape index (κ3) is 4.36. The molecule has 0 saturated carbocycles. The van der Waals surface area contributed by atoms with E-state index < -0.39 is 5.97 Å². The van der Waals surface area contributed by atoms with Crippen LogP contribution in [0.25, 0.3) is 12.2 Å². The number of hydrogen-bond acceptors (Lipinski definition) is 2. The van der Waals surface area contributed by atoms with Crippen molar-refractivity contribution in [1.29, 1.82) is 0 Å². The molecule has 0 unspecified atom stereocenters. The predicted molar refractivity (Wildman–Crippen MR) is 103 cm³/mol. The molecular weight excluding hydrogens is 329 g/mol. The first kappa shape index (κ1) is 17.4. The number of nitrogens with one attached hydrogen (secondary N) is 1. The molecule has 3 nitrogen and oxygen atoms in total. The van der Waals surface area contributed by atoms with Crippen molar-refractivity contribution in [3.05, 3.63) is 94.8 Å². The Balaban J connectivity index is 1.89. The van der Waals surface area contributed by atoms with Gasteiger partial charge in [-0.05, 0) is 54.4 Å². The van der Waals surface area contributed by atoms with Crippen LogP contribution in [0.5, 0.6) is 0 Å². The van der Waals surface area contributed by atoms with Gasteiger partial charge in [0.15, 0.2) is 0 Å². The second-order valence-corrected chi connectivity index (χ2v) is 5.99. The van der Waals surface area contributed by atoms with Crippen molar-refractivity contribution in [1.82, 2.24) is 0 Å². The Labute approximate surface area is 151 Å². The van der Waals surface area contributed by atoms with E-state index in [-0.39, 0.29) is 11.4 Å². The van der Waals surface area contributed by atoms with Crippen LogP contribution in [0.4, 0.5) is 15.8 Å². The summed E-state index contributed by atoms with van der Waals surface area (Å²) < 4.78 is 13.1. The van der Waals surface area contributed by atoms with Gasteiger partial charge in [0.2, 0.25) is 0 Å². The van der Waals surface area contributed by atoms with Gasteiger partial charge in [-0.25, -0.2) is 9.18 Å². The second kappa shape index (κ2) is 7.66. The summed E-state index contributed by atoms with van der Waals surface area (Å²) >= 11 is 0. The molecule has 0 saturated heterocycles. The maximum absolute atomic E-state index is 13.1. The molecule has 26 heavy (non-hydrogen) atoms. The Kier molecular flexibility index (Phi) is 5.13. The highest BCUT2D eigenvalue weighted by Crippen LogP contribution is 2.24. The highest BCUT2D eigenvalue weighted by molar-refractivity contribution is 5.96. The van der Waals surface area contributed by atoms with E-state index in [0.29, 0.717) is 11.4 Å². The zero-order valence-electron chi connectivity index (χ0n) is 14.2. The second-order valence-electron chi connectivity index (χ2n) is 5.99. The van der Waals surface area contributed by atoms with Gasteiger partial charge in [-0.3, -0.25) is 0 Å². The number of carboxylic acids is 1. The Morgan fingerprint density at radius 3 is 2.19 bits per heavy atom. The Bertz CT molecular complexity index is 945. The fraction of sp³-hybridized carbons (Fsp3) is 0.0455. The van der Waals surface area contributed by atoms with Crippen LogP contribution in [-0.2, 0) is 0 Å². The molecule has 130 valence electrons. The number of halogens is 1. The third-order valence-electron chi connectivity index (χ3n) is 3.94. The predicted octanol–water partition coefficient (Wildman–Crippen LogP) is 5.75. The van der Waals surface area contributed by atoms with Crippen molar-refractivity contribution in [2.45, 2.75) is 6.92 Å². The quantitative estimate of drug-likeness (QED) is 0.578. The smallest absolute Gasteiger partial charge is 0.337 e. The van der Waals surface area contributed by atoms with Crippen molar-refractivity contribution < 1.29 is 14.3 Å². The molecule has 3 aromatic carbocycles. The van der Waals surface area contributed by atoms with Gasteiger partial charge >= 0.3 is 5.97 Å². The molecule has 2 N–H and O–H groups in total. The van der Waals surface area contributed by atoms with Crippen molar-refractivity contribution in [3.8, 4) is 0 Å². The largest absolute Gasteiger partial charge is 0.478 e. The number of anilines is 2. The van der Waals surface area contributed by atoms with Crippen LogP contribution in [0.3, 0.4) is 0 Å². The summed E-state index contributed by atoms with van der Waals surface area (Å²) in [4.78, 5) is 11.5. The molecule has 0 fully saturated rings. The molecule has 3 rings (SSSR count). The Morgan fingerprint density at radius 1 is 0.923 bits per heavy atom. The lowest BCUT2D eigenvalue weighted by Gasteiger charge is -2.11. The van der Waals surface area contributed by atoms with Crippen LogP contribution >= 0.6 is 0 Å². The standard InChI is InChI=1S/C22H18FNO2/c1-15-2-4-16(5-3-15)6-7-17-8-13-20(22(25)26)21(14-17)24-19-11-9-18(23)10-12-19/h2-14,24H,1H3,(H,25,26). The number of carbonyl (C=O) groups is 1. The lowest BCUT2D eigenvalue weighted by molar-refractivity contribution is 0.0698. The Morgan fingerprint density at radius 2 is 1.54 bits per heavy atom. The van der Waals surface area contributed by atoms with Crippen LogP contribution < -0.4 is 5.32 Å². The van der Waals surface area contributed by atoms with Gasteiger partial charge in [0.1, 0.15) is 5.82 Å².